The molecule has 0 atom stereocenters. The molecular formula is C14H14N4O3. The second kappa shape index (κ2) is 5.91. The number of rotatable bonds is 3. The van der Waals surface area contributed by atoms with E-state index in [0.717, 1.165) is 0 Å². The summed E-state index contributed by atoms with van der Waals surface area (Å²) < 4.78 is 0. The Hall–Kier alpha value is -3.09. The first-order chi connectivity index (χ1) is 10.0. The molecule has 0 bridgehead atoms. The SMILES string of the molecule is CN(C(=O)c1cc[nH]c(=O)c1)c1ccccc1/C(N)=N/O. The monoisotopic (exact) mass is 286 g/mol. The number of para-hydroxylation sites is 1. The van der Waals surface area contributed by atoms with Crippen LogP contribution in [0.5, 0.6) is 0 Å². The molecule has 0 aliphatic rings. The fraction of sp³-hybridized carbons (Fsp3) is 0.0714. The van der Waals surface area contributed by atoms with Crippen LogP contribution in [0.1, 0.15) is 15.9 Å². The number of nitrogens with zero attached hydrogens (tertiary/aromatic N) is 2. The summed E-state index contributed by atoms with van der Waals surface area (Å²) >= 11 is 0. The second-order valence-electron chi connectivity index (χ2n) is 4.31. The van der Waals surface area contributed by atoms with Crippen molar-refractivity contribution in [3.05, 3.63) is 64.1 Å². The van der Waals surface area contributed by atoms with Crippen molar-refractivity contribution in [3.63, 3.8) is 0 Å². The fourth-order valence-electron chi connectivity index (χ4n) is 1.92. The van der Waals surface area contributed by atoms with Gasteiger partial charge in [-0.2, -0.15) is 0 Å². The van der Waals surface area contributed by atoms with Gasteiger partial charge in [-0.1, -0.05) is 17.3 Å². The number of anilines is 1. The zero-order chi connectivity index (χ0) is 15.4. The number of carbonyl (C=O) groups is 1. The Morgan fingerprint density at radius 1 is 1.33 bits per heavy atom. The van der Waals surface area contributed by atoms with Crippen LogP contribution in [-0.2, 0) is 0 Å². The number of H-pyrrole nitrogens is 1. The molecule has 0 fully saturated rings. The van der Waals surface area contributed by atoms with Gasteiger partial charge in [0.25, 0.3) is 5.91 Å². The molecule has 0 aliphatic heterocycles. The van der Waals surface area contributed by atoms with Gasteiger partial charge in [-0.25, -0.2) is 0 Å². The summed E-state index contributed by atoms with van der Waals surface area (Å²) in [7, 11) is 1.55. The Morgan fingerprint density at radius 2 is 2.05 bits per heavy atom. The molecule has 7 heteroatoms. The number of pyridine rings is 1. The Balaban J connectivity index is 2.43. The first-order valence-corrected chi connectivity index (χ1v) is 6.08. The van der Waals surface area contributed by atoms with E-state index in [0.29, 0.717) is 11.3 Å². The number of carbonyl (C=O) groups excluding carboxylic acids is 1. The van der Waals surface area contributed by atoms with Gasteiger partial charge in [0, 0.05) is 30.4 Å². The topological polar surface area (TPSA) is 112 Å². The highest BCUT2D eigenvalue weighted by Gasteiger charge is 2.18. The van der Waals surface area contributed by atoms with Crippen molar-refractivity contribution in [1.29, 1.82) is 0 Å². The zero-order valence-electron chi connectivity index (χ0n) is 11.3. The lowest BCUT2D eigenvalue weighted by atomic mass is 10.1. The lowest BCUT2D eigenvalue weighted by Crippen LogP contribution is -2.29. The van der Waals surface area contributed by atoms with Crippen LogP contribution in [0.25, 0.3) is 0 Å². The maximum atomic E-state index is 12.4. The molecule has 2 aromatic rings. The van der Waals surface area contributed by atoms with E-state index in [9.17, 15) is 9.59 Å². The van der Waals surface area contributed by atoms with Crippen LogP contribution in [0.15, 0.2) is 52.5 Å². The fourth-order valence-corrected chi connectivity index (χ4v) is 1.92. The van der Waals surface area contributed by atoms with Crippen LogP contribution >= 0.6 is 0 Å². The summed E-state index contributed by atoms with van der Waals surface area (Å²) in [5, 5.41) is 11.7. The number of hydrogen-bond donors (Lipinski definition) is 3. The number of hydrogen-bond acceptors (Lipinski definition) is 4. The summed E-state index contributed by atoms with van der Waals surface area (Å²) in [5.74, 6) is -0.476. The summed E-state index contributed by atoms with van der Waals surface area (Å²) in [6, 6.07) is 9.45. The average Bonchev–Trinajstić information content (AvgIpc) is 2.52. The smallest absolute Gasteiger partial charge is 0.258 e. The first-order valence-electron chi connectivity index (χ1n) is 6.08. The van der Waals surface area contributed by atoms with Crippen LogP contribution in [0.3, 0.4) is 0 Å². The zero-order valence-corrected chi connectivity index (χ0v) is 11.3. The number of nitrogens with two attached hydrogens (primary N) is 1. The lowest BCUT2D eigenvalue weighted by molar-refractivity contribution is 0.0992. The molecule has 0 spiro atoms. The Kier molecular flexibility index (Phi) is 4.03. The number of nitrogens with one attached hydrogen (secondary N) is 1. The van der Waals surface area contributed by atoms with Crippen molar-refractivity contribution in [1.82, 2.24) is 4.98 Å². The number of aromatic nitrogens is 1. The number of oxime groups is 1. The minimum Gasteiger partial charge on any atom is -0.409 e. The van der Waals surface area contributed by atoms with Crippen molar-refractivity contribution in [2.24, 2.45) is 10.9 Å². The number of benzene rings is 1. The van der Waals surface area contributed by atoms with Crippen LogP contribution < -0.4 is 16.2 Å². The highest BCUT2D eigenvalue weighted by atomic mass is 16.4. The Labute approximate surface area is 120 Å². The van der Waals surface area contributed by atoms with Gasteiger partial charge < -0.3 is 20.8 Å². The molecule has 1 heterocycles. The van der Waals surface area contributed by atoms with Crippen molar-refractivity contribution in [3.8, 4) is 0 Å². The molecule has 0 radical (unpaired) electrons. The Morgan fingerprint density at radius 3 is 2.71 bits per heavy atom. The lowest BCUT2D eigenvalue weighted by Gasteiger charge is -2.20. The molecule has 1 amide bonds. The molecule has 21 heavy (non-hydrogen) atoms. The van der Waals surface area contributed by atoms with Crippen molar-refractivity contribution in [2.75, 3.05) is 11.9 Å². The third-order valence-corrected chi connectivity index (χ3v) is 2.98. The van der Waals surface area contributed by atoms with Gasteiger partial charge in [0.15, 0.2) is 5.84 Å². The summed E-state index contributed by atoms with van der Waals surface area (Å²) in [6.07, 6.45) is 1.40. The number of aromatic amines is 1. The maximum Gasteiger partial charge on any atom is 0.258 e. The van der Waals surface area contributed by atoms with E-state index in [1.54, 1.807) is 31.3 Å². The van der Waals surface area contributed by atoms with Gasteiger partial charge in [-0.15, -0.1) is 0 Å². The minimum absolute atomic E-state index is 0.101. The quantitative estimate of drug-likeness (QED) is 0.334. The van der Waals surface area contributed by atoms with Crippen LogP contribution in [0.2, 0.25) is 0 Å². The molecule has 0 aliphatic carbocycles. The van der Waals surface area contributed by atoms with Crippen molar-refractivity contribution >= 4 is 17.4 Å². The second-order valence-corrected chi connectivity index (χ2v) is 4.31. The van der Waals surface area contributed by atoms with E-state index >= 15 is 0 Å². The predicted molar refractivity (Wildman–Crippen MR) is 78.7 cm³/mol. The third-order valence-electron chi connectivity index (χ3n) is 2.98. The molecule has 1 aromatic carbocycles. The number of amides is 1. The van der Waals surface area contributed by atoms with Gasteiger partial charge in [0.05, 0.1) is 5.69 Å². The average molecular weight is 286 g/mol. The van der Waals surface area contributed by atoms with Crippen LogP contribution in [0.4, 0.5) is 5.69 Å². The van der Waals surface area contributed by atoms with Gasteiger partial charge >= 0.3 is 0 Å². The molecule has 4 N–H and O–H groups in total. The highest BCUT2D eigenvalue weighted by molar-refractivity contribution is 6.10. The van der Waals surface area contributed by atoms with E-state index in [-0.39, 0.29) is 22.9 Å². The molecule has 7 nitrogen and oxygen atoms in total. The minimum atomic E-state index is -0.376. The normalized spacial score (nSPS) is 11.2. The van der Waals surface area contributed by atoms with Gasteiger partial charge in [0.1, 0.15) is 0 Å². The molecule has 0 unspecified atom stereocenters. The molecular weight excluding hydrogens is 272 g/mol. The van der Waals surface area contributed by atoms with Gasteiger partial charge in [-0.05, 0) is 18.2 Å². The first kappa shape index (κ1) is 14.3. The van der Waals surface area contributed by atoms with Crippen LogP contribution in [-0.4, -0.2) is 29.0 Å². The summed E-state index contributed by atoms with van der Waals surface area (Å²) in [5.41, 5.74) is 6.37. The number of amidine groups is 1. The molecule has 0 saturated heterocycles. The van der Waals surface area contributed by atoms with E-state index in [1.165, 1.54) is 23.2 Å². The highest BCUT2D eigenvalue weighted by Crippen LogP contribution is 2.20. The van der Waals surface area contributed by atoms with Crippen LogP contribution in [0, 0.1) is 0 Å². The van der Waals surface area contributed by atoms with Crippen molar-refractivity contribution in [2.45, 2.75) is 0 Å². The van der Waals surface area contributed by atoms with Gasteiger partial charge in [0.2, 0.25) is 5.56 Å². The molecule has 0 saturated carbocycles. The maximum absolute atomic E-state index is 12.4. The van der Waals surface area contributed by atoms with Crippen molar-refractivity contribution < 1.29 is 10.0 Å². The Bertz CT molecular complexity index is 752. The largest absolute Gasteiger partial charge is 0.409 e. The summed E-state index contributed by atoms with van der Waals surface area (Å²) in [4.78, 5) is 27.4. The molecule has 2 rings (SSSR count). The van der Waals surface area contributed by atoms with Gasteiger partial charge in [-0.3, -0.25) is 9.59 Å². The van der Waals surface area contributed by atoms with E-state index in [1.807, 2.05) is 0 Å². The molecule has 1 aromatic heterocycles. The molecule has 108 valence electrons. The standard InChI is InChI=1S/C14H14N4O3/c1-18(14(20)9-6-7-16-12(19)8-9)11-5-3-2-4-10(11)13(15)17-21/h2-8,21H,1H3,(H2,15,17)(H,16,19). The summed E-state index contributed by atoms with van der Waals surface area (Å²) in [6.45, 7) is 0. The third kappa shape index (κ3) is 2.92. The van der Waals surface area contributed by atoms with E-state index in [2.05, 4.69) is 10.1 Å². The predicted octanol–water partition coefficient (Wildman–Crippen LogP) is 0.746. The van der Waals surface area contributed by atoms with E-state index in [4.69, 9.17) is 10.9 Å². The van der Waals surface area contributed by atoms with E-state index < -0.39 is 0 Å².